The number of halogens is 2. The minimum absolute atomic E-state index is 0.283. The number of hydrogen-bond donors (Lipinski definition) is 1. The van der Waals surface area contributed by atoms with Crippen molar-refractivity contribution >= 4 is 34.9 Å². The molecule has 2 rings (SSSR count). The van der Waals surface area contributed by atoms with Gasteiger partial charge in [0.25, 0.3) is 5.91 Å². The standard InChI is InChI=1S/C15H17Cl2N3O2/c1-3-9-20-13(7-8-18-20)19-15(21)10(2)22-12-6-4-5-11(16)14(12)17/h4-8,10H,3,9H2,1-2H3,(H,19,21). The van der Waals surface area contributed by atoms with E-state index in [4.69, 9.17) is 27.9 Å². The lowest BCUT2D eigenvalue weighted by Crippen LogP contribution is -2.31. The highest BCUT2D eigenvalue weighted by molar-refractivity contribution is 6.42. The van der Waals surface area contributed by atoms with Crippen molar-refractivity contribution in [1.29, 1.82) is 0 Å². The molecule has 118 valence electrons. The minimum Gasteiger partial charge on any atom is -0.479 e. The Bertz CT molecular complexity index is 658. The molecule has 0 aliphatic rings. The van der Waals surface area contributed by atoms with Crippen LogP contribution in [-0.4, -0.2) is 21.8 Å². The Balaban J connectivity index is 2.03. The van der Waals surface area contributed by atoms with Gasteiger partial charge in [-0.3, -0.25) is 4.79 Å². The lowest BCUT2D eigenvalue weighted by Gasteiger charge is -2.16. The first-order valence-corrected chi connectivity index (χ1v) is 7.72. The summed E-state index contributed by atoms with van der Waals surface area (Å²) in [5.74, 6) is 0.729. The fraction of sp³-hybridized carbons (Fsp3) is 0.333. The molecule has 0 spiro atoms. The SMILES string of the molecule is CCCn1nccc1NC(=O)C(C)Oc1cccc(Cl)c1Cl. The molecule has 1 aromatic heterocycles. The van der Waals surface area contributed by atoms with Crippen LogP contribution in [0.1, 0.15) is 20.3 Å². The number of carbonyl (C=O) groups excluding carboxylic acids is 1. The first-order chi connectivity index (χ1) is 10.5. The normalized spacial score (nSPS) is 12.0. The van der Waals surface area contributed by atoms with Crippen molar-refractivity contribution in [3.05, 3.63) is 40.5 Å². The van der Waals surface area contributed by atoms with E-state index in [9.17, 15) is 4.79 Å². The summed E-state index contributed by atoms with van der Waals surface area (Å²) < 4.78 is 7.31. The molecule has 1 unspecified atom stereocenters. The summed E-state index contributed by atoms with van der Waals surface area (Å²) in [6.07, 6.45) is 1.85. The molecule has 5 nitrogen and oxygen atoms in total. The molecular weight excluding hydrogens is 325 g/mol. The minimum atomic E-state index is -0.721. The maximum atomic E-state index is 12.2. The van der Waals surface area contributed by atoms with Crippen molar-refractivity contribution in [2.45, 2.75) is 32.9 Å². The van der Waals surface area contributed by atoms with Gasteiger partial charge in [0.05, 0.1) is 11.2 Å². The zero-order chi connectivity index (χ0) is 16.1. The molecule has 1 heterocycles. The quantitative estimate of drug-likeness (QED) is 0.863. The zero-order valence-electron chi connectivity index (χ0n) is 12.3. The van der Waals surface area contributed by atoms with E-state index in [1.807, 2.05) is 6.92 Å². The summed E-state index contributed by atoms with van der Waals surface area (Å²) in [5.41, 5.74) is 0. The average Bonchev–Trinajstić information content (AvgIpc) is 2.91. The van der Waals surface area contributed by atoms with Crippen molar-refractivity contribution < 1.29 is 9.53 Å². The van der Waals surface area contributed by atoms with Crippen LogP contribution in [-0.2, 0) is 11.3 Å². The van der Waals surface area contributed by atoms with Crippen LogP contribution in [0.5, 0.6) is 5.75 Å². The molecule has 2 aromatic rings. The summed E-state index contributed by atoms with van der Waals surface area (Å²) in [4.78, 5) is 12.2. The third kappa shape index (κ3) is 3.93. The molecule has 22 heavy (non-hydrogen) atoms. The Labute approximate surface area is 139 Å². The molecule has 7 heteroatoms. The Morgan fingerprint density at radius 1 is 1.41 bits per heavy atom. The number of aromatic nitrogens is 2. The van der Waals surface area contributed by atoms with Crippen LogP contribution in [0.4, 0.5) is 5.82 Å². The first kappa shape index (κ1) is 16.6. The molecule has 1 atom stereocenters. The third-order valence-corrected chi connectivity index (χ3v) is 3.79. The second kappa shape index (κ2) is 7.51. The van der Waals surface area contributed by atoms with Crippen LogP contribution < -0.4 is 10.1 Å². The number of nitrogens with zero attached hydrogens (tertiary/aromatic N) is 2. The number of ether oxygens (including phenoxy) is 1. The van der Waals surface area contributed by atoms with Crippen molar-refractivity contribution in [3.63, 3.8) is 0 Å². The predicted molar refractivity (Wildman–Crippen MR) is 87.7 cm³/mol. The Morgan fingerprint density at radius 3 is 2.91 bits per heavy atom. The number of hydrogen-bond acceptors (Lipinski definition) is 3. The number of benzene rings is 1. The van der Waals surface area contributed by atoms with E-state index in [1.54, 1.807) is 42.1 Å². The van der Waals surface area contributed by atoms with Gasteiger partial charge in [-0.1, -0.05) is 36.2 Å². The Kier molecular flexibility index (Phi) is 5.69. The average molecular weight is 342 g/mol. The van der Waals surface area contributed by atoms with Crippen LogP contribution in [0, 0.1) is 0 Å². The van der Waals surface area contributed by atoms with Crippen LogP contribution in [0.2, 0.25) is 10.0 Å². The molecule has 0 saturated carbocycles. The molecule has 0 aliphatic heterocycles. The second-order valence-corrected chi connectivity index (χ2v) is 5.53. The first-order valence-electron chi connectivity index (χ1n) is 6.96. The van der Waals surface area contributed by atoms with Crippen LogP contribution >= 0.6 is 23.2 Å². The van der Waals surface area contributed by atoms with Gasteiger partial charge in [0.15, 0.2) is 6.10 Å². The highest BCUT2D eigenvalue weighted by Gasteiger charge is 2.18. The summed E-state index contributed by atoms with van der Waals surface area (Å²) in [6, 6.07) is 6.78. The van der Waals surface area contributed by atoms with Crippen molar-refractivity contribution in [2.75, 3.05) is 5.32 Å². The van der Waals surface area contributed by atoms with E-state index in [0.29, 0.717) is 21.6 Å². The van der Waals surface area contributed by atoms with E-state index in [0.717, 1.165) is 13.0 Å². The van der Waals surface area contributed by atoms with Crippen molar-refractivity contribution in [2.24, 2.45) is 0 Å². The van der Waals surface area contributed by atoms with Gasteiger partial charge in [-0.25, -0.2) is 4.68 Å². The predicted octanol–water partition coefficient (Wildman–Crippen LogP) is 4.01. The molecule has 1 amide bonds. The number of carbonyl (C=O) groups is 1. The summed E-state index contributed by atoms with van der Waals surface area (Å²) in [6.45, 7) is 4.42. The lowest BCUT2D eigenvalue weighted by atomic mass is 10.3. The van der Waals surface area contributed by atoms with E-state index in [2.05, 4.69) is 10.4 Å². The second-order valence-electron chi connectivity index (χ2n) is 4.74. The van der Waals surface area contributed by atoms with Gasteiger partial charge in [0.1, 0.15) is 16.6 Å². The van der Waals surface area contributed by atoms with Gasteiger partial charge in [0.2, 0.25) is 0 Å². The smallest absolute Gasteiger partial charge is 0.266 e. The van der Waals surface area contributed by atoms with E-state index < -0.39 is 6.10 Å². The number of aryl methyl sites for hydroxylation is 1. The lowest BCUT2D eigenvalue weighted by molar-refractivity contribution is -0.122. The summed E-state index contributed by atoms with van der Waals surface area (Å²) in [7, 11) is 0. The summed E-state index contributed by atoms with van der Waals surface area (Å²) in [5, 5.41) is 7.61. The molecule has 0 fully saturated rings. The van der Waals surface area contributed by atoms with Gasteiger partial charge in [-0.2, -0.15) is 5.10 Å². The number of amides is 1. The number of nitrogens with one attached hydrogen (secondary N) is 1. The number of rotatable bonds is 6. The fourth-order valence-electron chi connectivity index (χ4n) is 1.88. The monoisotopic (exact) mass is 341 g/mol. The van der Waals surface area contributed by atoms with Gasteiger partial charge in [-0.05, 0) is 25.5 Å². The third-order valence-electron chi connectivity index (χ3n) is 2.99. The largest absolute Gasteiger partial charge is 0.479 e. The van der Waals surface area contributed by atoms with Gasteiger partial charge >= 0.3 is 0 Å². The highest BCUT2D eigenvalue weighted by atomic mass is 35.5. The van der Waals surface area contributed by atoms with E-state index >= 15 is 0 Å². The maximum Gasteiger partial charge on any atom is 0.266 e. The zero-order valence-corrected chi connectivity index (χ0v) is 13.9. The van der Waals surface area contributed by atoms with Crippen LogP contribution in [0.3, 0.4) is 0 Å². The molecule has 0 saturated heterocycles. The molecular formula is C15H17Cl2N3O2. The molecule has 1 N–H and O–H groups in total. The molecule has 0 radical (unpaired) electrons. The number of anilines is 1. The topological polar surface area (TPSA) is 56.2 Å². The van der Waals surface area contributed by atoms with Crippen molar-refractivity contribution in [1.82, 2.24) is 9.78 Å². The highest BCUT2D eigenvalue weighted by Crippen LogP contribution is 2.32. The van der Waals surface area contributed by atoms with Gasteiger partial charge in [0, 0.05) is 12.6 Å². The van der Waals surface area contributed by atoms with E-state index in [-0.39, 0.29) is 5.91 Å². The molecule has 1 aromatic carbocycles. The van der Waals surface area contributed by atoms with Gasteiger partial charge in [-0.15, -0.1) is 0 Å². The summed E-state index contributed by atoms with van der Waals surface area (Å²) >= 11 is 12.0. The van der Waals surface area contributed by atoms with E-state index in [1.165, 1.54) is 0 Å². The van der Waals surface area contributed by atoms with Crippen molar-refractivity contribution in [3.8, 4) is 5.75 Å². The Morgan fingerprint density at radius 2 is 2.18 bits per heavy atom. The van der Waals surface area contributed by atoms with Crippen LogP contribution in [0.25, 0.3) is 0 Å². The maximum absolute atomic E-state index is 12.2. The molecule has 0 bridgehead atoms. The Hall–Kier alpha value is -1.72. The van der Waals surface area contributed by atoms with Crippen LogP contribution in [0.15, 0.2) is 30.5 Å². The van der Waals surface area contributed by atoms with Gasteiger partial charge < -0.3 is 10.1 Å². The fourth-order valence-corrected chi connectivity index (χ4v) is 2.21. The molecule has 0 aliphatic carbocycles.